The highest BCUT2D eigenvalue weighted by Crippen LogP contribution is 2.36. The molecule has 0 saturated heterocycles. The maximum absolute atomic E-state index is 13.0. The second-order valence-electron chi connectivity index (χ2n) is 7.75. The van der Waals surface area contributed by atoms with Gasteiger partial charge in [0.2, 0.25) is 0 Å². The Kier molecular flexibility index (Phi) is 6.22. The van der Waals surface area contributed by atoms with Crippen molar-refractivity contribution in [3.8, 4) is 0 Å². The Bertz CT molecular complexity index is 1090. The molecule has 4 nitrogen and oxygen atoms in total. The smallest absolute Gasteiger partial charge is 0.261 e. The van der Waals surface area contributed by atoms with Gasteiger partial charge in [-0.25, -0.2) is 8.42 Å². The van der Waals surface area contributed by atoms with Gasteiger partial charge in [-0.15, -0.1) is 11.6 Å². The van der Waals surface area contributed by atoms with Crippen LogP contribution in [-0.4, -0.2) is 13.4 Å². The monoisotopic (exact) mass is 448 g/mol. The number of sulfonamides is 1. The van der Waals surface area contributed by atoms with E-state index in [4.69, 9.17) is 23.2 Å². The summed E-state index contributed by atoms with van der Waals surface area (Å²) in [6.07, 6.45) is 3.27. The lowest BCUT2D eigenvalue weighted by atomic mass is 9.87. The summed E-state index contributed by atoms with van der Waals surface area (Å²) >= 11 is 12.8. The minimum absolute atomic E-state index is 0.0601. The molecule has 1 atom stereocenters. The van der Waals surface area contributed by atoms with Crippen molar-refractivity contribution >= 4 is 38.9 Å². The number of halogens is 2. The minimum atomic E-state index is -3.79. The lowest BCUT2D eigenvalue weighted by Crippen LogP contribution is -2.16. The summed E-state index contributed by atoms with van der Waals surface area (Å²) in [5, 5.41) is -0.116. The normalized spacial score (nSPS) is 13.1. The maximum atomic E-state index is 13.0. The molecule has 0 aliphatic heterocycles. The Balaban J connectivity index is 1.95. The summed E-state index contributed by atoms with van der Waals surface area (Å²) in [4.78, 5) is 4.17. The number of rotatable bonds is 5. The summed E-state index contributed by atoms with van der Waals surface area (Å²) in [6.45, 7) is 6.23. The summed E-state index contributed by atoms with van der Waals surface area (Å²) in [7, 11) is -3.79. The van der Waals surface area contributed by atoms with Crippen LogP contribution in [0.4, 0.5) is 5.69 Å². The van der Waals surface area contributed by atoms with Crippen molar-refractivity contribution in [2.24, 2.45) is 0 Å². The zero-order chi connectivity index (χ0) is 21.2. The molecule has 0 spiro atoms. The van der Waals surface area contributed by atoms with Crippen LogP contribution in [0.5, 0.6) is 0 Å². The van der Waals surface area contributed by atoms with Gasteiger partial charge in [-0.3, -0.25) is 9.71 Å². The molecule has 29 heavy (non-hydrogen) atoms. The van der Waals surface area contributed by atoms with Crippen LogP contribution in [0.25, 0.3) is 0 Å². The summed E-state index contributed by atoms with van der Waals surface area (Å²) in [5.74, 6) is 0. The fourth-order valence-corrected chi connectivity index (χ4v) is 4.48. The average Bonchev–Trinajstić information content (AvgIpc) is 2.69. The molecule has 2 aromatic carbocycles. The van der Waals surface area contributed by atoms with E-state index in [1.54, 1.807) is 54.9 Å². The number of alkyl halides is 1. The Morgan fingerprint density at radius 1 is 0.966 bits per heavy atom. The Hall–Kier alpha value is -2.08. The van der Waals surface area contributed by atoms with Gasteiger partial charge in [0.15, 0.2) is 0 Å². The van der Waals surface area contributed by atoms with Gasteiger partial charge in [0, 0.05) is 23.0 Å². The number of nitrogens with zero attached hydrogens (tertiary/aromatic N) is 1. The first-order valence-electron chi connectivity index (χ1n) is 9.05. The zero-order valence-electron chi connectivity index (χ0n) is 16.4. The van der Waals surface area contributed by atoms with E-state index in [1.807, 2.05) is 12.1 Å². The van der Waals surface area contributed by atoms with E-state index in [2.05, 4.69) is 30.5 Å². The van der Waals surface area contributed by atoms with Crippen LogP contribution in [0.2, 0.25) is 5.02 Å². The topological polar surface area (TPSA) is 59.1 Å². The van der Waals surface area contributed by atoms with E-state index in [1.165, 1.54) is 0 Å². The number of aromatic nitrogens is 1. The van der Waals surface area contributed by atoms with Crippen molar-refractivity contribution in [2.45, 2.75) is 36.5 Å². The summed E-state index contributed by atoms with van der Waals surface area (Å²) in [6, 6.07) is 15.4. The first kappa shape index (κ1) is 21.6. The first-order valence-corrected chi connectivity index (χ1v) is 11.3. The molecule has 1 heterocycles. The van der Waals surface area contributed by atoms with Gasteiger partial charge in [-0.1, -0.05) is 44.5 Å². The van der Waals surface area contributed by atoms with E-state index in [0.717, 1.165) is 11.1 Å². The molecule has 0 bridgehead atoms. The molecule has 0 amide bonds. The molecule has 1 N–H and O–H groups in total. The highest BCUT2D eigenvalue weighted by Gasteiger charge is 2.21. The number of pyridine rings is 1. The Labute approximate surface area is 182 Å². The van der Waals surface area contributed by atoms with Crippen LogP contribution in [0.1, 0.15) is 42.8 Å². The van der Waals surface area contributed by atoms with E-state index < -0.39 is 15.4 Å². The van der Waals surface area contributed by atoms with Gasteiger partial charge < -0.3 is 0 Å². The lowest BCUT2D eigenvalue weighted by Gasteiger charge is -2.20. The molecule has 3 aromatic rings. The molecule has 7 heteroatoms. The number of hydrogen-bond donors (Lipinski definition) is 1. The molecular weight excluding hydrogens is 427 g/mol. The number of benzene rings is 2. The quantitative estimate of drug-likeness (QED) is 0.475. The van der Waals surface area contributed by atoms with E-state index in [0.29, 0.717) is 16.3 Å². The molecule has 0 fully saturated rings. The Morgan fingerprint density at radius 2 is 1.59 bits per heavy atom. The predicted octanol–water partition coefficient (Wildman–Crippen LogP) is 6.16. The van der Waals surface area contributed by atoms with Crippen molar-refractivity contribution in [1.82, 2.24) is 4.98 Å². The van der Waals surface area contributed by atoms with Gasteiger partial charge in [0.1, 0.15) is 0 Å². The number of anilines is 1. The van der Waals surface area contributed by atoms with E-state index in [9.17, 15) is 8.42 Å². The highest BCUT2D eigenvalue weighted by atomic mass is 35.5. The van der Waals surface area contributed by atoms with Gasteiger partial charge >= 0.3 is 0 Å². The number of hydrogen-bond acceptors (Lipinski definition) is 3. The third-order valence-corrected chi connectivity index (χ3v) is 6.66. The van der Waals surface area contributed by atoms with Crippen molar-refractivity contribution in [3.05, 3.63) is 88.7 Å². The van der Waals surface area contributed by atoms with Crippen LogP contribution in [0.3, 0.4) is 0 Å². The molecule has 0 aliphatic rings. The third kappa shape index (κ3) is 5.10. The van der Waals surface area contributed by atoms with Crippen molar-refractivity contribution in [1.29, 1.82) is 0 Å². The molecule has 0 saturated carbocycles. The average molecular weight is 449 g/mol. The summed E-state index contributed by atoms with van der Waals surface area (Å²) in [5.41, 5.74) is 2.74. The molecule has 0 radical (unpaired) electrons. The minimum Gasteiger partial charge on any atom is -0.279 e. The molecule has 1 unspecified atom stereocenters. The summed E-state index contributed by atoms with van der Waals surface area (Å²) < 4.78 is 28.6. The van der Waals surface area contributed by atoms with Crippen LogP contribution < -0.4 is 4.72 Å². The predicted molar refractivity (Wildman–Crippen MR) is 119 cm³/mol. The molecule has 3 rings (SSSR count). The van der Waals surface area contributed by atoms with Crippen molar-refractivity contribution < 1.29 is 8.42 Å². The molecule has 1 aromatic heterocycles. The van der Waals surface area contributed by atoms with Crippen molar-refractivity contribution in [2.75, 3.05) is 4.72 Å². The van der Waals surface area contributed by atoms with Crippen LogP contribution in [0, 0.1) is 0 Å². The second-order valence-corrected chi connectivity index (χ2v) is 10.3. The van der Waals surface area contributed by atoms with Gasteiger partial charge in [-0.05, 0) is 59.0 Å². The van der Waals surface area contributed by atoms with Crippen LogP contribution >= 0.6 is 23.2 Å². The zero-order valence-corrected chi connectivity index (χ0v) is 18.7. The molecule has 0 aliphatic carbocycles. The van der Waals surface area contributed by atoms with Crippen molar-refractivity contribution in [3.63, 3.8) is 0 Å². The SMILES string of the molecule is CC(C)(C)c1ccc(S(=O)(=O)Nc2ccc(Cl)cc2C(Cl)c2ccncc2)cc1. The largest absolute Gasteiger partial charge is 0.279 e. The fourth-order valence-electron chi connectivity index (χ4n) is 2.89. The lowest BCUT2D eigenvalue weighted by molar-refractivity contribution is 0.587. The maximum Gasteiger partial charge on any atom is 0.261 e. The van der Waals surface area contributed by atoms with Gasteiger partial charge in [0.05, 0.1) is 16.0 Å². The third-order valence-electron chi connectivity index (χ3n) is 4.56. The van der Waals surface area contributed by atoms with Gasteiger partial charge in [-0.2, -0.15) is 0 Å². The van der Waals surface area contributed by atoms with Gasteiger partial charge in [0.25, 0.3) is 10.0 Å². The fraction of sp³-hybridized carbons (Fsp3) is 0.227. The van der Waals surface area contributed by atoms with E-state index >= 15 is 0 Å². The first-order chi connectivity index (χ1) is 13.6. The van der Waals surface area contributed by atoms with Crippen LogP contribution in [-0.2, 0) is 15.4 Å². The molecule has 152 valence electrons. The second kappa shape index (κ2) is 8.34. The van der Waals surface area contributed by atoms with Crippen LogP contribution in [0.15, 0.2) is 71.9 Å². The Morgan fingerprint density at radius 3 is 2.17 bits per heavy atom. The van der Waals surface area contributed by atoms with E-state index in [-0.39, 0.29) is 10.3 Å². The standard InChI is InChI=1S/C22H22Cl2N2O2S/c1-22(2,3)16-4-7-18(8-5-16)29(27,28)26-20-9-6-17(23)14-19(20)21(24)15-10-12-25-13-11-15/h4-14,21,26H,1-3H3. The molecular formula is C22H22Cl2N2O2S. The highest BCUT2D eigenvalue weighted by molar-refractivity contribution is 7.92. The number of nitrogens with one attached hydrogen (secondary N) is 1.